The van der Waals surface area contributed by atoms with Gasteiger partial charge in [0.05, 0.1) is 0 Å². The molecule has 3 rings (SSSR count). The van der Waals surface area contributed by atoms with E-state index in [4.69, 9.17) is 0 Å². The third-order valence-corrected chi connectivity index (χ3v) is 10.1. The zero-order chi connectivity index (χ0) is 25.8. The molecule has 0 atom stereocenters. The van der Waals surface area contributed by atoms with Crippen LogP contribution in [0.5, 0.6) is 0 Å². The zero-order valence-corrected chi connectivity index (χ0v) is 26.6. The molecule has 3 aromatic carbocycles. The zero-order valence-electron chi connectivity index (χ0n) is 24.0. The first-order valence-electron chi connectivity index (χ1n) is 15.4. The number of hydrogen-bond donors (Lipinski definition) is 0. The molecule has 0 spiro atoms. The Balaban J connectivity index is 0.00000507. The van der Waals surface area contributed by atoms with Gasteiger partial charge in [0.1, 0.15) is 0 Å². The number of unbranched alkanes of at least 4 members (excludes halogenated alkanes) is 15. The fraction of sp³-hybridized carbons (Fsp3) is 0.500. The summed E-state index contributed by atoms with van der Waals surface area (Å²) in [6.07, 6.45) is 24.0. The van der Waals surface area contributed by atoms with Crippen LogP contribution >= 0.6 is 24.9 Å². The second-order valence-electron chi connectivity index (χ2n) is 10.7. The molecule has 0 heterocycles. The van der Waals surface area contributed by atoms with Crippen molar-refractivity contribution in [3.05, 3.63) is 90.5 Å². The van der Waals surface area contributed by atoms with Crippen LogP contribution in [0.3, 0.4) is 0 Å². The number of benzene rings is 3. The Kier molecular flexibility index (Phi) is 18.5. The third-order valence-electron chi connectivity index (χ3n) is 7.56. The van der Waals surface area contributed by atoms with Gasteiger partial charge in [-0.1, -0.05) is 188 Å². The highest BCUT2D eigenvalue weighted by atomic mass is 79.9. The minimum atomic E-state index is -0.511. The topological polar surface area (TPSA) is 0 Å². The van der Waals surface area contributed by atoms with Crippen molar-refractivity contribution in [3.63, 3.8) is 0 Å². The predicted molar refractivity (Wildman–Crippen MR) is 179 cm³/mol. The minimum Gasteiger partial charge on any atom is -0.114 e. The largest absolute Gasteiger partial charge is 0.114 e. The smallest absolute Gasteiger partial charge is 0.0119 e. The second-order valence-corrected chi connectivity index (χ2v) is 12.9. The van der Waals surface area contributed by atoms with Gasteiger partial charge in [0.15, 0.2) is 0 Å². The number of hydrogen-bond acceptors (Lipinski definition) is 0. The molecule has 0 saturated heterocycles. The molecule has 0 aliphatic heterocycles. The van der Waals surface area contributed by atoms with Crippen molar-refractivity contribution in [2.45, 2.75) is 116 Å². The van der Waals surface area contributed by atoms with Crippen LogP contribution in [0, 0.1) is 0 Å². The molecule has 0 unspecified atom stereocenters. The summed E-state index contributed by atoms with van der Waals surface area (Å²) >= 11 is 0. The lowest BCUT2D eigenvalue weighted by atomic mass is 10.0. The van der Waals surface area contributed by atoms with E-state index in [2.05, 4.69) is 91.9 Å². The number of halogens is 1. The molecule has 0 saturated carbocycles. The number of aryl methyl sites for hydroxylation is 1. The second kappa shape index (κ2) is 21.4. The van der Waals surface area contributed by atoms with Gasteiger partial charge < -0.3 is 0 Å². The molecule has 208 valence electrons. The first-order valence-corrected chi connectivity index (χ1v) is 16.7. The van der Waals surface area contributed by atoms with E-state index >= 15 is 0 Å². The standard InChI is InChI=1S/C36H51P.BrH/c1-2-3-4-5-6-7-8-9-10-11-12-13-14-15-16-19-26-33-27-24-25-32-36(33)37(34-28-20-17-21-29-34)35-30-22-18-23-31-35;/h17-18,20-25,27-32H,2-16,19,26H2,1H3;1H. The quantitative estimate of drug-likeness (QED) is 0.0900. The van der Waals surface area contributed by atoms with Crippen molar-refractivity contribution < 1.29 is 0 Å². The molecule has 0 N–H and O–H groups in total. The van der Waals surface area contributed by atoms with E-state index < -0.39 is 7.92 Å². The molecule has 0 aliphatic rings. The molecule has 0 aromatic heterocycles. The van der Waals surface area contributed by atoms with Crippen molar-refractivity contribution in [1.29, 1.82) is 0 Å². The van der Waals surface area contributed by atoms with Crippen LogP contribution in [0.1, 0.15) is 115 Å². The SMILES string of the molecule is Br.CCCCCCCCCCCCCCCCCCc1ccccc1P(c1ccccc1)c1ccccc1. The number of rotatable bonds is 20. The van der Waals surface area contributed by atoms with E-state index in [1.165, 1.54) is 125 Å². The molecular weight excluding hydrogens is 543 g/mol. The van der Waals surface area contributed by atoms with E-state index in [1.54, 1.807) is 5.56 Å². The lowest BCUT2D eigenvalue weighted by Gasteiger charge is -2.22. The summed E-state index contributed by atoms with van der Waals surface area (Å²) < 4.78 is 0. The van der Waals surface area contributed by atoms with Crippen LogP contribution in [0.25, 0.3) is 0 Å². The maximum Gasteiger partial charge on any atom is -0.0119 e. The van der Waals surface area contributed by atoms with Crippen LogP contribution in [0.15, 0.2) is 84.9 Å². The van der Waals surface area contributed by atoms with Crippen molar-refractivity contribution in [3.8, 4) is 0 Å². The summed E-state index contributed by atoms with van der Waals surface area (Å²) in [6.45, 7) is 2.30. The Morgan fingerprint density at radius 2 is 0.789 bits per heavy atom. The monoisotopic (exact) mass is 594 g/mol. The van der Waals surface area contributed by atoms with Gasteiger partial charge in [-0.2, -0.15) is 0 Å². The molecule has 2 heteroatoms. The minimum absolute atomic E-state index is 0. The summed E-state index contributed by atoms with van der Waals surface area (Å²) in [5.74, 6) is 0. The lowest BCUT2D eigenvalue weighted by Crippen LogP contribution is -2.23. The average Bonchev–Trinajstić information content (AvgIpc) is 2.95. The predicted octanol–water partition coefficient (Wildman–Crippen LogP) is 10.8. The van der Waals surface area contributed by atoms with Gasteiger partial charge in [-0.25, -0.2) is 0 Å². The summed E-state index contributed by atoms with van der Waals surface area (Å²) in [5.41, 5.74) is 1.55. The van der Waals surface area contributed by atoms with Gasteiger partial charge in [0, 0.05) is 0 Å². The molecule has 0 radical (unpaired) electrons. The van der Waals surface area contributed by atoms with Crippen LogP contribution in [0.4, 0.5) is 0 Å². The van der Waals surface area contributed by atoms with E-state index in [0.29, 0.717) is 0 Å². The Hall–Kier alpha value is -1.43. The van der Waals surface area contributed by atoms with Crippen LogP contribution < -0.4 is 15.9 Å². The van der Waals surface area contributed by atoms with Gasteiger partial charge >= 0.3 is 0 Å². The average molecular weight is 596 g/mol. The lowest BCUT2D eigenvalue weighted by molar-refractivity contribution is 0.529. The van der Waals surface area contributed by atoms with E-state index in [0.717, 1.165) is 0 Å². The van der Waals surface area contributed by atoms with Gasteiger partial charge in [0.25, 0.3) is 0 Å². The highest BCUT2D eigenvalue weighted by Gasteiger charge is 2.18. The van der Waals surface area contributed by atoms with Crippen LogP contribution in [-0.2, 0) is 6.42 Å². The van der Waals surface area contributed by atoms with E-state index in [1.807, 2.05) is 0 Å². The van der Waals surface area contributed by atoms with Crippen molar-refractivity contribution in [2.24, 2.45) is 0 Å². The molecule has 0 nitrogen and oxygen atoms in total. The van der Waals surface area contributed by atoms with Gasteiger partial charge in [-0.05, 0) is 42.2 Å². The fourth-order valence-electron chi connectivity index (χ4n) is 5.39. The molecule has 0 bridgehead atoms. The molecule has 0 fully saturated rings. The Bertz CT molecular complexity index is 900. The van der Waals surface area contributed by atoms with E-state index in [-0.39, 0.29) is 17.0 Å². The summed E-state index contributed by atoms with van der Waals surface area (Å²) in [4.78, 5) is 0. The third kappa shape index (κ3) is 12.6. The Morgan fingerprint density at radius 3 is 1.24 bits per heavy atom. The molecular formula is C36H52BrP. The normalized spacial score (nSPS) is 11.0. The Morgan fingerprint density at radius 1 is 0.421 bits per heavy atom. The van der Waals surface area contributed by atoms with Crippen LogP contribution in [-0.4, -0.2) is 0 Å². The van der Waals surface area contributed by atoms with E-state index in [9.17, 15) is 0 Å². The summed E-state index contributed by atoms with van der Waals surface area (Å²) in [7, 11) is -0.511. The summed E-state index contributed by atoms with van der Waals surface area (Å²) in [6, 6.07) is 31.5. The maximum absolute atomic E-state index is 2.38. The highest BCUT2D eigenvalue weighted by Crippen LogP contribution is 2.34. The van der Waals surface area contributed by atoms with Crippen LogP contribution in [0.2, 0.25) is 0 Å². The molecule has 3 aromatic rings. The Labute approximate surface area is 246 Å². The maximum atomic E-state index is 2.38. The van der Waals surface area contributed by atoms with Crippen molar-refractivity contribution >= 4 is 40.8 Å². The highest BCUT2D eigenvalue weighted by molar-refractivity contribution is 8.93. The first-order chi connectivity index (χ1) is 18.4. The van der Waals surface area contributed by atoms with Gasteiger partial charge in [-0.3, -0.25) is 0 Å². The summed E-state index contributed by atoms with van der Waals surface area (Å²) in [5, 5.41) is 4.43. The van der Waals surface area contributed by atoms with Gasteiger partial charge in [-0.15, -0.1) is 17.0 Å². The van der Waals surface area contributed by atoms with Gasteiger partial charge in [0.2, 0.25) is 0 Å². The van der Waals surface area contributed by atoms with Crippen molar-refractivity contribution in [2.75, 3.05) is 0 Å². The molecule has 0 aliphatic carbocycles. The first kappa shape index (κ1) is 32.8. The molecule has 0 amide bonds. The fourth-order valence-corrected chi connectivity index (χ4v) is 7.89. The molecule has 38 heavy (non-hydrogen) atoms. The van der Waals surface area contributed by atoms with Crippen molar-refractivity contribution in [1.82, 2.24) is 0 Å².